The van der Waals surface area contributed by atoms with Crippen LogP contribution in [-0.4, -0.2) is 23.5 Å². The SMILES string of the molecule is O=C(Nc1cccc(Cl)n1)C1CCCCN1. The van der Waals surface area contributed by atoms with E-state index in [0.717, 1.165) is 25.8 Å². The highest BCUT2D eigenvalue weighted by atomic mass is 35.5. The molecule has 2 heterocycles. The lowest BCUT2D eigenvalue weighted by Gasteiger charge is -2.22. The van der Waals surface area contributed by atoms with Crippen LogP contribution in [0, 0.1) is 0 Å². The fraction of sp³-hybridized carbons (Fsp3) is 0.455. The van der Waals surface area contributed by atoms with Gasteiger partial charge in [-0.1, -0.05) is 24.1 Å². The number of anilines is 1. The van der Waals surface area contributed by atoms with Crippen molar-refractivity contribution in [1.29, 1.82) is 0 Å². The van der Waals surface area contributed by atoms with Gasteiger partial charge in [-0.05, 0) is 31.5 Å². The minimum Gasteiger partial charge on any atom is -0.309 e. The van der Waals surface area contributed by atoms with Crippen LogP contribution >= 0.6 is 11.6 Å². The molecular formula is C11H14ClN3O. The molecule has 1 aliphatic rings. The Balaban J connectivity index is 1.96. The summed E-state index contributed by atoms with van der Waals surface area (Å²) in [5.41, 5.74) is 0. The van der Waals surface area contributed by atoms with Crippen LogP contribution in [0.1, 0.15) is 19.3 Å². The van der Waals surface area contributed by atoms with Gasteiger partial charge in [-0.15, -0.1) is 0 Å². The summed E-state index contributed by atoms with van der Waals surface area (Å²) in [6.07, 6.45) is 3.11. The minimum absolute atomic E-state index is 0.0329. The first kappa shape index (κ1) is 11.4. The quantitative estimate of drug-likeness (QED) is 0.774. The molecule has 2 N–H and O–H groups in total. The number of aromatic nitrogens is 1. The molecule has 86 valence electrons. The Hall–Kier alpha value is -1.13. The van der Waals surface area contributed by atoms with Crippen molar-refractivity contribution in [3.8, 4) is 0 Å². The first-order chi connectivity index (χ1) is 7.75. The van der Waals surface area contributed by atoms with E-state index < -0.39 is 0 Å². The Bertz CT molecular complexity index is 377. The summed E-state index contributed by atoms with van der Waals surface area (Å²) >= 11 is 5.74. The largest absolute Gasteiger partial charge is 0.309 e. The number of nitrogens with one attached hydrogen (secondary N) is 2. The van der Waals surface area contributed by atoms with E-state index in [1.54, 1.807) is 18.2 Å². The molecule has 1 aromatic heterocycles. The zero-order valence-electron chi connectivity index (χ0n) is 8.87. The Kier molecular flexibility index (Phi) is 3.74. The van der Waals surface area contributed by atoms with Crippen LogP contribution < -0.4 is 10.6 Å². The van der Waals surface area contributed by atoms with Gasteiger partial charge in [-0.3, -0.25) is 4.79 Å². The van der Waals surface area contributed by atoms with Gasteiger partial charge < -0.3 is 10.6 Å². The lowest BCUT2D eigenvalue weighted by atomic mass is 10.0. The highest BCUT2D eigenvalue weighted by Crippen LogP contribution is 2.12. The number of pyridine rings is 1. The molecular weight excluding hydrogens is 226 g/mol. The van der Waals surface area contributed by atoms with Gasteiger partial charge in [0.05, 0.1) is 6.04 Å². The standard InChI is InChI=1S/C11H14ClN3O/c12-9-5-3-6-10(14-9)15-11(16)8-4-1-2-7-13-8/h3,5-6,8,13H,1-2,4,7H2,(H,14,15,16). The first-order valence-corrected chi connectivity index (χ1v) is 5.80. The van der Waals surface area contributed by atoms with Crippen LogP contribution in [0.15, 0.2) is 18.2 Å². The van der Waals surface area contributed by atoms with E-state index in [9.17, 15) is 4.79 Å². The molecule has 2 rings (SSSR count). The van der Waals surface area contributed by atoms with E-state index >= 15 is 0 Å². The Morgan fingerprint density at radius 1 is 1.50 bits per heavy atom. The average molecular weight is 240 g/mol. The van der Waals surface area contributed by atoms with E-state index in [-0.39, 0.29) is 11.9 Å². The molecule has 0 bridgehead atoms. The molecule has 1 aromatic rings. The molecule has 0 aromatic carbocycles. The molecule has 0 saturated carbocycles. The second-order valence-electron chi connectivity index (χ2n) is 3.84. The van der Waals surface area contributed by atoms with Crippen molar-refractivity contribution < 1.29 is 4.79 Å². The van der Waals surface area contributed by atoms with Gasteiger partial charge in [0, 0.05) is 0 Å². The number of nitrogens with zero attached hydrogens (tertiary/aromatic N) is 1. The van der Waals surface area contributed by atoms with Gasteiger partial charge in [0.25, 0.3) is 0 Å². The highest BCUT2D eigenvalue weighted by Gasteiger charge is 2.20. The van der Waals surface area contributed by atoms with Gasteiger partial charge in [-0.25, -0.2) is 4.98 Å². The van der Waals surface area contributed by atoms with E-state index in [2.05, 4.69) is 15.6 Å². The van der Waals surface area contributed by atoms with Gasteiger partial charge in [-0.2, -0.15) is 0 Å². The fourth-order valence-electron chi connectivity index (χ4n) is 1.77. The van der Waals surface area contributed by atoms with Crippen LogP contribution in [0.2, 0.25) is 5.15 Å². The summed E-state index contributed by atoms with van der Waals surface area (Å²) < 4.78 is 0. The van der Waals surface area contributed by atoms with Gasteiger partial charge in [0.1, 0.15) is 11.0 Å². The van der Waals surface area contributed by atoms with Crippen LogP contribution in [0.5, 0.6) is 0 Å². The molecule has 4 nitrogen and oxygen atoms in total. The molecule has 16 heavy (non-hydrogen) atoms. The number of carbonyl (C=O) groups is 1. The summed E-state index contributed by atoms with van der Waals surface area (Å²) in [5, 5.41) is 6.32. The Labute approximate surface area is 99.4 Å². The topological polar surface area (TPSA) is 54.0 Å². The number of halogens is 1. The van der Waals surface area contributed by atoms with Crippen molar-refractivity contribution >= 4 is 23.3 Å². The van der Waals surface area contributed by atoms with Crippen LogP contribution in [0.25, 0.3) is 0 Å². The van der Waals surface area contributed by atoms with Crippen molar-refractivity contribution in [1.82, 2.24) is 10.3 Å². The van der Waals surface area contributed by atoms with Crippen LogP contribution in [-0.2, 0) is 4.79 Å². The van der Waals surface area contributed by atoms with Crippen molar-refractivity contribution in [3.05, 3.63) is 23.4 Å². The molecule has 1 fully saturated rings. The highest BCUT2D eigenvalue weighted by molar-refractivity contribution is 6.29. The smallest absolute Gasteiger partial charge is 0.242 e. The monoisotopic (exact) mass is 239 g/mol. The first-order valence-electron chi connectivity index (χ1n) is 5.42. The molecule has 0 aliphatic carbocycles. The summed E-state index contributed by atoms with van der Waals surface area (Å²) in [5.74, 6) is 0.472. The normalized spacial score (nSPS) is 20.4. The molecule has 1 aliphatic heterocycles. The third kappa shape index (κ3) is 2.93. The van der Waals surface area contributed by atoms with Crippen molar-refractivity contribution in [2.24, 2.45) is 0 Å². The zero-order chi connectivity index (χ0) is 11.4. The lowest BCUT2D eigenvalue weighted by molar-refractivity contribution is -0.118. The molecule has 5 heteroatoms. The fourth-order valence-corrected chi connectivity index (χ4v) is 1.93. The predicted octanol–water partition coefficient (Wildman–Crippen LogP) is 1.82. The maximum Gasteiger partial charge on any atom is 0.242 e. The van der Waals surface area contributed by atoms with Crippen molar-refractivity contribution in [2.45, 2.75) is 25.3 Å². The minimum atomic E-state index is -0.102. The molecule has 1 amide bonds. The second-order valence-corrected chi connectivity index (χ2v) is 4.22. The van der Waals surface area contributed by atoms with Crippen molar-refractivity contribution in [3.63, 3.8) is 0 Å². The average Bonchev–Trinajstić information content (AvgIpc) is 2.30. The number of hydrogen-bond donors (Lipinski definition) is 2. The number of carbonyl (C=O) groups excluding carboxylic acids is 1. The Morgan fingerprint density at radius 2 is 2.38 bits per heavy atom. The van der Waals surface area contributed by atoms with E-state index in [1.165, 1.54) is 0 Å². The maximum atomic E-state index is 11.8. The van der Waals surface area contributed by atoms with E-state index in [0.29, 0.717) is 11.0 Å². The van der Waals surface area contributed by atoms with Gasteiger partial charge in [0.15, 0.2) is 0 Å². The number of rotatable bonds is 2. The predicted molar refractivity (Wildman–Crippen MR) is 63.5 cm³/mol. The number of piperidine rings is 1. The number of amides is 1. The third-order valence-corrected chi connectivity index (χ3v) is 2.80. The van der Waals surface area contributed by atoms with Gasteiger partial charge in [0.2, 0.25) is 5.91 Å². The second kappa shape index (κ2) is 5.27. The molecule has 0 spiro atoms. The van der Waals surface area contributed by atoms with E-state index in [1.807, 2.05) is 0 Å². The lowest BCUT2D eigenvalue weighted by Crippen LogP contribution is -2.43. The van der Waals surface area contributed by atoms with Crippen LogP contribution in [0.4, 0.5) is 5.82 Å². The summed E-state index contributed by atoms with van der Waals surface area (Å²) in [6.45, 7) is 0.904. The number of hydrogen-bond acceptors (Lipinski definition) is 3. The summed E-state index contributed by atoms with van der Waals surface area (Å²) in [4.78, 5) is 15.8. The van der Waals surface area contributed by atoms with Crippen LogP contribution in [0.3, 0.4) is 0 Å². The van der Waals surface area contributed by atoms with Crippen molar-refractivity contribution in [2.75, 3.05) is 11.9 Å². The molecule has 0 radical (unpaired) electrons. The Morgan fingerprint density at radius 3 is 3.06 bits per heavy atom. The van der Waals surface area contributed by atoms with E-state index in [4.69, 9.17) is 11.6 Å². The zero-order valence-corrected chi connectivity index (χ0v) is 9.63. The van der Waals surface area contributed by atoms with Gasteiger partial charge >= 0.3 is 0 Å². The molecule has 1 unspecified atom stereocenters. The maximum absolute atomic E-state index is 11.8. The summed E-state index contributed by atoms with van der Waals surface area (Å²) in [7, 11) is 0. The summed E-state index contributed by atoms with van der Waals surface area (Å²) in [6, 6.07) is 5.07. The molecule has 1 saturated heterocycles. The third-order valence-electron chi connectivity index (χ3n) is 2.59. The molecule has 1 atom stereocenters.